The Morgan fingerprint density at radius 2 is 2.05 bits per heavy atom. The molecule has 21 heavy (non-hydrogen) atoms. The molecule has 0 bridgehead atoms. The molecule has 0 spiro atoms. The molecule has 3 rings (SSSR count). The molecule has 3 heterocycles. The Labute approximate surface area is 118 Å². The lowest BCUT2D eigenvalue weighted by Crippen LogP contribution is -2.35. The van der Waals surface area contributed by atoms with Gasteiger partial charge in [-0.1, -0.05) is 0 Å². The Morgan fingerprint density at radius 1 is 1.24 bits per heavy atom. The van der Waals surface area contributed by atoms with Crippen molar-refractivity contribution < 1.29 is 13.2 Å². The van der Waals surface area contributed by atoms with Crippen LogP contribution in [0.3, 0.4) is 0 Å². The van der Waals surface area contributed by atoms with E-state index in [1.54, 1.807) is 18.3 Å². The van der Waals surface area contributed by atoms with Crippen molar-refractivity contribution in [2.24, 2.45) is 0 Å². The molecule has 0 amide bonds. The molecule has 1 aliphatic rings. The summed E-state index contributed by atoms with van der Waals surface area (Å²) in [6.07, 6.45) is -2.86. The molecular formula is C12H13F3N6. The number of nitrogens with two attached hydrogens (primary N) is 1. The number of alkyl halides is 3. The minimum Gasteiger partial charge on any atom is -0.399 e. The van der Waals surface area contributed by atoms with Crippen LogP contribution >= 0.6 is 0 Å². The fourth-order valence-electron chi connectivity index (χ4n) is 2.36. The molecule has 2 N–H and O–H groups in total. The van der Waals surface area contributed by atoms with Crippen LogP contribution in [0.4, 0.5) is 18.9 Å². The lowest BCUT2D eigenvalue weighted by molar-refractivity contribution is -0.148. The standard InChI is InChI=1S/C12H13F3N6/c13-12(14,15)11-19-18-10-7-20(3-4-21(10)11)6-9-5-8(16)1-2-17-9/h1-2,5H,3-4,6-7H2,(H2,16,17). The zero-order valence-corrected chi connectivity index (χ0v) is 11.0. The lowest BCUT2D eigenvalue weighted by atomic mass is 10.2. The van der Waals surface area contributed by atoms with Crippen molar-refractivity contribution in [1.82, 2.24) is 24.6 Å². The highest BCUT2D eigenvalue weighted by atomic mass is 19.4. The molecule has 0 saturated carbocycles. The fourth-order valence-corrected chi connectivity index (χ4v) is 2.36. The third-order valence-corrected chi connectivity index (χ3v) is 3.31. The summed E-state index contributed by atoms with van der Waals surface area (Å²) in [5.41, 5.74) is 7.07. The second-order valence-corrected chi connectivity index (χ2v) is 4.88. The van der Waals surface area contributed by atoms with Gasteiger partial charge in [0.15, 0.2) is 0 Å². The van der Waals surface area contributed by atoms with Crippen LogP contribution in [-0.4, -0.2) is 31.2 Å². The van der Waals surface area contributed by atoms with E-state index in [9.17, 15) is 13.2 Å². The Hall–Kier alpha value is -2.16. The smallest absolute Gasteiger partial charge is 0.399 e. The highest BCUT2D eigenvalue weighted by Crippen LogP contribution is 2.29. The maximum atomic E-state index is 12.7. The number of aromatic nitrogens is 4. The molecule has 0 unspecified atom stereocenters. The average molecular weight is 298 g/mol. The molecule has 0 atom stereocenters. The van der Waals surface area contributed by atoms with Crippen molar-refractivity contribution in [3.63, 3.8) is 0 Å². The normalized spacial score (nSPS) is 16.0. The second-order valence-electron chi connectivity index (χ2n) is 4.88. The van der Waals surface area contributed by atoms with Crippen molar-refractivity contribution in [3.05, 3.63) is 35.7 Å². The van der Waals surface area contributed by atoms with Gasteiger partial charge < -0.3 is 10.3 Å². The number of nitrogens with zero attached hydrogens (tertiary/aromatic N) is 5. The van der Waals surface area contributed by atoms with Crippen molar-refractivity contribution >= 4 is 5.69 Å². The highest BCUT2D eigenvalue weighted by Gasteiger charge is 2.39. The van der Waals surface area contributed by atoms with Crippen LogP contribution in [0.1, 0.15) is 17.3 Å². The number of rotatable bonds is 2. The predicted octanol–water partition coefficient (Wildman–Crippen LogP) is 1.29. The summed E-state index contributed by atoms with van der Waals surface area (Å²) < 4.78 is 39.3. The number of halogens is 3. The van der Waals surface area contributed by atoms with Gasteiger partial charge in [-0.15, -0.1) is 10.2 Å². The third-order valence-electron chi connectivity index (χ3n) is 3.31. The second kappa shape index (κ2) is 4.99. The zero-order valence-electron chi connectivity index (χ0n) is 11.0. The molecule has 112 valence electrons. The third kappa shape index (κ3) is 2.82. The summed E-state index contributed by atoms with van der Waals surface area (Å²) in [5, 5.41) is 6.89. The monoisotopic (exact) mass is 298 g/mol. The molecule has 6 nitrogen and oxygen atoms in total. The van der Waals surface area contributed by atoms with Crippen LogP contribution in [0.15, 0.2) is 18.3 Å². The number of fused-ring (bicyclic) bond motifs is 1. The van der Waals surface area contributed by atoms with E-state index in [1.807, 2.05) is 4.90 Å². The van der Waals surface area contributed by atoms with Gasteiger partial charge in [0.2, 0.25) is 5.82 Å². The summed E-state index contributed by atoms with van der Waals surface area (Å²) >= 11 is 0. The SMILES string of the molecule is Nc1ccnc(CN2CCn3c(nnc3C(F)(F)F)C2)c1. The Kier molecular flexibility index (Phi) is 3.28. The van der Waals surface area contributed by atoms with E-state index in [1.165, 1.54) is 0 Å². The van der Waals surface area contributed by atoms with Crippen molar-refractivity contribution in [1.29, 1.82) is 0 Å². The van der Waals surface area contributed by atoms with Crippen molar-refractivity contribution in [3.8, 4) is 0 Å². The van der Waals surface area contributed by atoms with Crippen LogP contribution < -0.4 is 5.73 Å². The molecule has 9 heteroatoms. The summed E-state index contributed by atoms with van der Waals surface area (Å²) in [4.78, 5) is 6.15. The predicted molar refractivity (Wildman–Crippen MR) is 67.8 cm³/mol. The summed E-state index contributed by atoms with van der Waals surface area (Å²) in [6.45, 7) is 1.50. The van der Waals surface area contributed by atoms with E-state index in [4.69, 9.17) is 5.73 Å². The van der Waals surface area contributed by atoms with Gasteiger partial charge in [0.25, 0.3) is 0 Å². The Balaban J connectivity index is 1.75. The van der Waals surface area contributed by atoms with E-state index in [0.29, 0.717) is 31.1 Å². The van der Waals surface area contributed by atoms with Crippen LogP contribution in [-0.2, 0) is 25.8 Å². The van der Waals surface area contributed by atoms with Crippen LogP contribution in [0.5, 0.6) is 0 Å². The first-order valence-corrected chi connectivity index (χ1v) is 6.35. The lowest BCUT2D eigenvalue weighted by Gasteiger charge is -2.27. The quantitative estimate of drug-likeness (QED) is 0.904. The Bertz CT molecular complexity index is 651. The first-order valence-electron chi connectivity index (χ1n) is 6.35. The molecule has 0 aliphatic carbocycles. The first-order chi connectivity index (χ1) is 9.93. The van der Waals surface area contributed by atoms with Gasteiger partial charge in [0.1, 0.15) is 5.82 Å². The van der Waals surface area contributed by atoms with Crippen LogP contribution in [0.25, 0.3) is 0 Å². The van der Waals surface area contributed by atoms with E-state index in [0.717, 1.165) is 10.3 Å². The minimum absolute atomic E-state index is 0.208. The summed E-state index contributed by atoms with van der Waals surface area (Å²) in [7, 11) is 0. The van der Waals surface area contributed by atoms with E-state index >= 15 is 0 Å². The fraction of sp³-hybridized carbons (Fsp3) is 0.417. The molecule has 0 saturated heterocycles. The summed E-state index contributed by atoms with van der Waals surface area (Å²) in [6, 6.07) is 3.44. The van der Waals surface area contributed by atoms with Gasteiger partial charge in [-0.2, -0.15) is 13.2 Å². The number of hydrogen-bond donors (Lipinski definition) is 1. The van der Waals surface area contributed by atoms with Gasteiger partial charge in [-0.3, -0.25) is 9.88 Å². The molecule has 1 aliphatic heterocycles. The van der Waals surface area contributed by atoms with Crippen molar-refractivity contribution in [2.45, 2.75) is 25.8 Å². The summed E-state index contributed by atoms with van der Waals surface area (Å²) in [5.74, 6) is -0.614. The molecule has 2 aromatic rings. The molecular weight excluding hydrogens is 285 g/mol. The van der Waals surface area contributed by atoms with E-state index in [-0.39, 0.29) is 6.54 Å². The van der Waals surface area contributed by atoms with Crippen molar-refractivity contribution in [2.75, 3.05) is 12.3 Å². The minimum atomic E-state index is -4.47. The van der Waals surface area contributed by atoms with E-state index in [2.05, 4.69) is 15.2 Å². The first kappa shape index (κ1) is 13.8. The van der Waals surface area contributed by atoms with Crippen LogP contribution in [0, 0.1) is 0 Å². The van der Waals surface area contributed by atoms with Crippen LogP contribution in [0.2, 0.25) is 0 Å². The average Bonchev–Trinajstić information content (AvgIpc) is 2.81. The topological polar surface area (TPSA) is 72.9 Å². The van der Waals surface area contributed by atoms with E-state index < -0.39 is 12.0 Å². The number of nitrogen functional groups attached to an aromatic ring is 1. The zero-order chi connectivity index (χ0) is 15.0. The number of anilines is 1. The maximum Gasteiger partial charge on any atom is 0.451 e. The molecule has 2 aromatic heterocycles. The van der Waals surface area contributed by atoms with Gasteiger partial charge >= 0.3 is 6.18 Å². The Morgan fingerprint density at radius 3 is 2.76 bits per heavy atom. The molecule has 0 aromatic carbocycles. The largest absolute Gasteiger partial charge is 0.451 e. The van der Waals surface area contributed by atoms with Gasteiger partial charge in [0.05, 0.1) is 12.2 Å². The van der Waals surface area contributed by atoms with Gasteiger partial charge in [0, 0.05) is 31.5 Å². The van der Waals surface area contributed by atoms with Gasteiger partial charge in [-0.05, 0) is 12.1 Å². The van der Waals surface area contributed by atoms with Gasteiger partial charge in [-0.25, -0.2) is 0 Å². The molecule has 0 fully saturated rings. The highest BCUT2D eigenvalue weighted by molar-refractivity contribution is 5.37. The number of pyridine rings is 1. The number of hydrogen-bond acceptors (Lipinski definition) is 5. The molecule has 0 radical (unpaired) electrons. The maximum absolute atomic E-state index is 12.7.